The average Bonchev–Trinajstić information content (AvgIpc) is 2.75. The van der Waals surface area contributed by atoms with Crippen LogP contribution in [0.2, 0.25) is 5.02 Å². The highest BCUT2D eigenvalue weighted by atomic mass is 79.9. The van der Waals surface area contributed by atoms with Crippen molar-refractivity contribution < 1.29 is 0 Å². The van der Waals surface area contributed by atoms with Gasteiger partial charge in [-0.1, -0.05) is 31.4 Å². The van der Waals surface area contributed by atoms with Gasteiger partial charge in [-0.05, 0) is 40.3 Å². The Hall–Kier alpha value is 0.430. The topological polar surface area (TPSA) is 26.0 Å². The first-order valence-electron chi connectivity index (χ1n) is 5.23. The third-order valence-corrected chi connectivity index (χ3v) is 6.03. The summed E-state index contributed by atoms with van der Waals surface area (Å²) in [6.45, 7) is 2.30. The minimum absolute atomic E-state index is 0.133. The Labute approximate surface area is 108 Å². The zero-order chi connectivity index (χ0) is 11.1. The Morgan fingerprint density at radius 1 is 1.53 bits per heavy atom. The lowest BCUT2D eigenvalue weighted by Crippen LogP contribution is -2.28. The van der Waals surface area contributed by atoms with Crippen LogP contribution in [0.1, 0.15) is 43.5 Å². The lowest BCUT2D eigenvalue weighted by Gasteiger charge is -2.30. The number of nitrogens with two attached hydrogens (primary N) is 1. The lowest BCUT2D eigenvalue weighted by molar-refractivity contribution is 0.268. The lowest BCUT2D eigenvalue weighted by atomic mass is 9.80. The normalized spacial score (nSPS) is 21.9. The summed E-state index contributed by atoms with van der Waals surface area (Å²) < 4.78 is 0.996. The van der Waals surface area contributed by atoms with Gasteiger partial charge >= 0.3 is 0 Å². The van der Waals surface area contributed by atoms with E-state index in [1.165, 1.54) is 30.6 Å². The van der Waals surface area contributed by atoms with Crippen molar-refractivity contribution in [1.29, 1.82) is 0 Å². The highest BCUT2D eigenvalue weighted by Gasteiger charge is 2.36. The predicted octanol–water partition coefficient (Wildman–Crippen LogP) is 4.74. The smallest absolute Gasteiger partial charge is 0.0887 e. The fourth-order valence-electron chi connectivity index (χ4n) is 2.35. The minimum Gasteiger partial charge on any atom is -0.323 e. The van der Waals surface area contributed by atoms with Crippen LogP contribution in [-0.4, -0.2) is 0 Å². The van der Waals surface area contributed by atoms with Crippen LogP contribution in [0.3, 0.4) is 0 Å². The van der Waals surface area contributed by atoms with Crippen molar-refractivity contribution in [2.75, 3.05) is 0 Å². The van der Waals surface area contributed by atoms with Crippen LogP contribution in [0.25, 0.3) is 0 Å². The molecule has 1 aromatic rings. The summed E-state index contributed by atoms with van der Waals surface area (Å²) >= 11 is 11.1. The largest absolute Gasteiger partial charge is 0.323 e. The molecule has 4 heteroatoms. The Bertz CT molecular complexity index is 338. The summed E-state index contributed by atoms with van der Waals surface area (Å²) in [4.78, 5) is 1.20. The Morgan fingerprint density at radius 2 is 2.13 bits per heavy atom. The monoisotopic (exact) mass is 307 g/mol. The number of rotatable bonds is 2. The van der Waals surface area contributed by atoms with Crippen molar-refractivity contribution in [2.24, 2.45) is 11.1 Å². The molecule has 1 aliphatic carbocycles. The molecule has 0 radical (unpaired) electrons. The highest BCUT2D eigenvalue weighted by molar-refractivity contribution is 9.11. The summed E-state index contributed by atoms with van der Waals surface area (Å²) in [6.07, 6.45) is 5.09. The Morgan fingerprint density at radius 3 is 2.60 bits per heavy atom. The Balaban J connectivity index is 2.23. The first-order valence-corrected chi connectivity index (χ1v) is 7.22. The molecule has 2 rings (SSSR count). The van der Waals surface area contributed by atoms with E-state index in [0.717, 1.165) is 8.81 Å². The zero-order valence-corrected chi connectivity index (χ0v) is 11.9. The third-order valence-electron chi connectivity index (χ3n) is 3.47. The molecule has 0 amide bonds. The van der Waals surface area contributed by atoms with Gasteiger partial charge in [0.25, 0.3) is 0 Å². The van der Waals surface area contributed by atoms with E-state index in [2.05, 4.69) is 22.9 Å². The van der Waals surface area contributed by atoms with Crippen LogP contribution in [0.15, 0.2) is 9.85 Å². The van der Waals surface area contributed by atoms with Crippen molar-refractivity contribution in [3.05, 3.63) is 19.8 Å². The predicted molar refractivity (Wildman–Crippen MR) is 70.5 cm³/mol. The van der Waals surface area contributed by atoms with Gasteiger partial charge in [-0.25, -0.2) is 0 Å². The van der Waals surface area contributed by atoms with E-state index < -0.39 is 0 Å². The van der Waals surface area contributed by atoms with Crippen molar-refractivity contribution in [2.45, 2.75) is 38.6 Å². The fourth-order valence-corrected chi connectivity index (χ4v) is 4.28. The highest BCUT2D eigenvalue weighted by Crippen LogP contribution is 2.48. The molecule has 84 valence electrons. The molecule has 0 aliphatic heterocycles. The van der Waals surface area contributed by atoms with E-state index in [1.807, 2.05) is 6.07 Å². The first-order chi connectivity index (χ1) is 7.03. The van der Waals surface area contributed by atoms with Gasteiger partial charge in [0.15, 0.2) is 0 Å². The maximum atomic E-state index is 6.35. The van der Waals surface area contributed by atoms with Gasteiger partial charge in [-0.3, -0.25) is 0 Å². The first kappa shape index (κ1) is 11.9. The van der Waals surface area contributed by atoms with Crippen LogP contribution in [-0.2, 0) is 0 Å². The summed E-state index contributed by atoms with van der Waals surface area (Å²) in [5.41, 5.74) is 6.62. The maximum absolute atomic E-state index is 6.35. The minimum atomic E-state index is 0.133. The molecule has 1 aromatic heterocycles. The molecule has 0 bridgehead atoms. The van der Waals surface area contributed by atoms with Crippen molar-refractivity contribution in [3.63, 3.8) is 0 Å². The third kappa shape index (κ3) is 2.26. The van der Waals surface area contributed by atoms with E-state index in [0.29, 0.717) is 0 Å². The molecule has 0 spiro atoms. The number of thiophene rings is 1. The second-order valence-electron chi connectivity index (χ2n) is 4.61. The average molecular weight is 309 g/mol. The van der Waals surface area contributed by atoms with Crippen LogP contribution < -0.4 is 5.73 Å². The van der Waals surface area contributed by atoms with E-state index in [1.54, 1.807) is 11.3 Å². The van der Waals surface area contributed by atoms with E-state index in [9.17, 15) is 0 Å². The van der Waals surface area contributed by atoms with Gasteiger partial charge in [0.1, 0.15) is 0 Å². The van der Waals surface area contributed by atoms with Crippen LogP contribution in [0.5, 0.6) is 0 Å². The molecule has 0 saturated heterocycles. The van der Waals surface area contributed by atoms with Gasteiger partial charge in [0.05, 0.1) is 8.81 Å². The van der Waals surface area contributed by atoms with Gasteiger partial charge in [-0.2, -0.15) is 0 Å². The molecule has 0 aromatic carbocycles. The standard InChI is InChI=1S/C11H15BrClNS/c1-11(4-2-3-5-11)9(14)8-6-7(13)10(12)15-8/h6,9H,2-5,14H2,1H3. The van der Waals surface area contributed by atoms with Gasteiger partial charge in [0.2, 0.25) is 0 Å². The van der Waals surface area contributed by atoms with Crippen molar-refractivity contribution >= 4 is 38.9 Å². The van der Waals surface area contributed by atoms with E-state index in [-0.39, 0.29) is 11.5 Å². The molecule has 1 nitrogen and oxygen atoms in total. The molecule has 1 fully saturated rings. The number of halogens is 2. The fraction of sp³-hybridized carbons (Fsp3) is 0.636. The van der Waals surface area contributed by atoms with Crippen LogP contribution in [0, 0.1) is 5.41 Å². The second kappa shape index (κ2) is 4.36. The van der Waals surface area contributed by atoms with Gasteiger partial charge in [-0.15, -0.1) is 11.3 Å². The molecular weight excluding hydrogens is 294 g/mol. The number of hydrogen-bond donors (Lipinski definition) is 1. The molecule has 1 unspecified atom stereocenters. The van der Waals surface area contributed by atoms with E-state index in [4.69, 9.17) is 17.3 Å². The van der Waals surface area contributed by atoms with Gasteiger partial charge in [0, 0.05) is 10.9 Å². The second-order valence-corrected chi connectivity index (χ2v) is 7.42. The van der Waals surface area contributed by atoms with Crippen molar-refractivity contribution in [3.8, 4) is 0 Å². The molecule has 1 atom stereocenters. The quantitative estimate of drug-likeness (QED) is 0.838. The summed E-state index contributed by atoms with van der Waals surface area (Å²) in [7, 11) is 0. The summed E-state index contributed by atoms with van der Waals surface area (Å²) in [5.74, 6) is 0. The summed E-state index contributed by atoms with van der Waals surface area (Å²) in [5, 5.41) is 0.784. The SMILES string of the molecule is CC1(C(N)c2cc(Cl)c(Br)s2)CCCC1. The van der Waals surface area contributed by atoms with Crippen molar-refractivity contribution in [1.82, 2.24) is 0 Å². The van der Waals surface area contributed by atoms with Crippen LogP contribution >= 0.6 is 38.9 Å². The maximum Gasteiger partial charge on any atom is 0.0887 e. The molecule has 15 heavy (non-hydrogen) atoms. The molecule has 1 saturated carbocycles. The molecule has 2 N–H and O–H groups in total. The molecular formula is C11H15BrClNS. The zero-order valence-electron chi connectivity index (χ0n) is 8.72. The number of hydrogen-bond acceptors (Lipinski definition) is 2. The van der Waals surface area contributed by atoms with Gasteiger partial charge < -0.3 is 5.73 Å². The van der Waals surface area contributed by atoms with E-state index >= 15 is 0 Å². The molecule has 1 aliphatic rings. The molecule has 1 heterocycles. The summed E-state index contributed by atoms with van der Waals surface area (Å²) in [6, 6.07) is 2.14. The Kier molecular flexibility index (Phi) is 3.46. The van der Waals surface area contributed by atoms with Crippen LogP contribution in [0.4, 0.5) is 0 Å².